The maximum absolute atomic E-state index is 11.3. The third kappa shape index (κ3) is 3.78. The lowest BCUT2D eigenvalue weighted by molar-refractivity contribution is -0.144. The normalized spacial score (nSPS) is 18.4. The average Bonchev–Trinajstić information content (AvgIpc) is 2.19. The van der Waals surface area contributed by atoms with Crippen LogP contribution in [0.15, 0.2) is 0 Å². The Morgan fingerprint density at radius 2 is 2.12 bits per heavy atom. The first-order chi connectivity index (χ1) is 7.69. The molecular formula is C13H25NO2. The van der Waals surface area contributed by atoms with Crippen LogP contribution in [0.5, 0.6) is 0 Å². The summed E-state index contributed by atoms with van der Waals surface area (Å²) < 4.78 is 0. The maximum atomic E-state index is 11.3. The molecule has 1 fully saturated rings. The molecule has 1 saturated carbocycles. The first kappa shape index (κ1) is 13.5. The third-order valence-electron chi connectivity index (χ3n) is 3.68. The van der Waals surface area contributed by atoms with Crippen molar-refractivity contribution in [2.75, 3.05) is 13.1 Å². The van der Waals surface area contributed by atoms with E-state index in [2.05, 4.69) is 18.7 Å². The number of hydrogen-bond donors (Lipinski definition) is 1. The summed E-state index contributed by atoms with van der Waals surface area (Å²) >= 11 is 0. The smallest absolute Gasteiger partial charge is 0.320 e. The zero-order valence-corrected chi connectivity index (χ0v) is 10.6. The molecule has 3 nitrogen and oxygen atoms in total. The number of rotatable bonds is 8. The van der Waals surface area contributed by atoms with Crippen LogP contribution in [-0.2, 0) is 4.79 Å². The third-order valence-corrected chi connectivity index (χ3v) is 3.68. The van der Waals surface area contributed by atoms with E-state index in [1.54, 1.807) is 0 Å². The van der Waals surface area contributed by atoms with Crippen molar-refractivity contribution >= 4 is 5.97 Å². The predicted octanol–water partition coefficient (Wildman–Crippen LogP) is 2.75. The van der Waals surface area contributed by atoms with E-state index in [9.17, 15) is 9.90 Å². The molecule has 0 radical (unpaired) electrons. The van der Waals surface area contributed by atoms with Gasteiger partial charge < -0.3 is 5.11 Å². The van der Waals surface area contributed by atoms with Crippen LogP contribution in [0.1, 0.15) is 52.4 Å². The fourth-order valence-corrected chi connectivity index (χ4v) is 2.34. The molecule has 0 spiro atoms. The maximum Gasteiger partial charge on any atom is 0.320 e. The van der Waals surface area contributed by atoms with Gasteiger partial charge in [0, 0.05) is 6.54 Å². The van der Waals surface area contributed by atoms with Crippen molar-refractivity contribution < 1.29 is 9.90 Å². The SMILES string of the molecule is CCCCC(C(=O)O)N(CC)CC1CCC1. The minimum Gasteiger partial charge on any atom is -0.480 e. The number of unbranched alkanes of at least 4 members (excludes halogenated alkanes) is 1. The molecule has 94 valence electrons. The summed E-state index contributed by atoms with van der Waals surface area (Å²) in [6.07, 6.45) is 6.79. The van der Waals surface area contributed by atoms with Crippen molar-refractivity contribution in [1.29, 1.82) is 0 Å². The van der Waals surface area contributed by atoms with Crippen LogP contribution in [-0.4, -0.2) is 35.1 Å². The second-order valence-corrected chi connectivity index (χ2v) is 4.88. The first-order valence-electron chi connectivity index (χ1n) is 6.65. The van der Waals surface area contributed by atoms with Gasteiger partial charge in [-0.25, -0.2) is 0 Å². The van der Waals surface area contributed by atoms with E-state index < -0.39 is 5.97 Å². The number of hydrogen-bond acceptors (Lipinski definition) is 2. The number of carboxylic acids is 1. The fraction of sp³-hybridized carbons (Fsp3) is 0.923. The molecule has 1 rings (SSSR count). The van der Waals surface area contributed by atoms with Gasteiger partial charge in [0.2, 0.25) is 0 Å². The standard InChI is InChI=1S/C13H25NO2/c1-3-5-9-12(13(15)16)14(4-2)10-11-7-6-8-11/h11-12H,3-10H2,1-2H3,(H,15,16). The lowest BCUT2D eigenvalue weighted by Crippen LogP contribution is -2.44. The number of likely N-dealkylation sites (N-methyl/N-ethyl adjacent to an activating group) is 1. The van der Waals surface area contributed by atoms with Gasteiger partial charge in [-0.3, -0.25) is 9.69 Å². The second kappa shape index (κ2) is 6.89. The molecule has 3 heteroatoms. The summed E-state index contributed by atoms with van der Waals surface area (Å²) in [6, 6.07) is -0.259. The van der Waals surface area contributed by atoms with Crippen molar-refractivity contribution in [3.63, 3.8) is 0 Å². The summed E-state index contributed by atoms with van der Waals surface area (Å²) in [6.45, 7) is 6.02. The van der Waals surface area contributed by atoms with Gasteiger partial charge in [-0.05, 0) is 31.7 Å². The minimum absolute atomic E-state index is 0.259. The highest BCUT2D eigenvalue weighted by Gasteiger charge is 2.28. The zero-order valence-electron chi connectivity index (χ0n) is 10.6. The second-order valence-electron chi connectivity index (χ2n) is 4.88. The molecule has 0 bridgehead atoms. The number of nitrogens with zero attached hydrogens (tertiary/aromatic N) is 1. The summed E-state index contributed by atoms with van der Waals surface area (Å²) in [5, 5.41) is 9.26. The molecule has 16 heavy (non-hydrogen) atoms. The molecule has 1 N–H and O–H groups in total. The molecule has 0 aliphatic heterocycles. The Hall–Kier alpha value is -0.570. The van der Waals surface area contributed by atoms with Crippen molar-refractivity contribution in [3.05, 3.63) is 0 Å². The van der Waals surface area contributed by atoms with Gasteiger partial charge in [0.05, 0.1) is 0 Å². The molecule has 0 saturated heterocycles. The van der Waals surface area contributed by atoms with Crippen LogP contribution >= 0.6 is 0 Å². The number of carbonyl (C=O) groups is 1. The van der Waals surface area contributed by atoms with E-state index in [0.29, 0.717) is 0 Å². The Kier molecular flexibility index (Phi) is 5.81. The quantitative estimate of drug-likeness (QED) is 0.693. The largest absolute Gasteiger partial charge is 0.480 e. The molecule has 0 aromatic carbocycles. The monoisotopic (exact) mass is 227 g/mol. The number of aliphatic carboxylic acids is 1. The summed E-state index contributed by atoms with van der Waals surface area (Å²) in [5.41, 5.74) is 0. The highest BCUT2D eigenvalue weighted by atomic mass is 16.4. The minimum atomic E-state index is -0.644. The highest BCUT2D eigenvalue weighted by Crippen LogP contribution is 2.28. The van der Waals surface area contributed by atoms with Crippen molar-refractivity contribution in [1.82, 2.24) is 4.90 Å². The predicted molar refractivity (Wildman–Crippen MR) is 65.5 cm³/mol. The van der Waals surface area contributed by atoms with Crippen LogP contribution in [0.25, 0.3) is 0 Å². The summed E-state index contributed by atoms with van der Waals surface area (Å²) in [7, 11) is 0. The molecule has 1 atom stereocenters. The van der Waals surface area contributed by atoms with Crippen LogP contribution in [0, 0.1) is 5.92 Å². The van der Waals surface area contributed by atoms with Crippen molar-refractivity contribution in [3.8, 4) is 0 Å². The van der Waals surface area contributed by atoms with E-state index in [0.717, 1.165) is 38.3 Å². The molecule has 0 heterocycles. The molecule has 0 aromatic rings. The molecule has 1 unspecified atom stereocenters. The van der Waals surface area contributed by atoms with Crippen LogP contribution in [0.3, 0.4) is 0 Å². The van der Waals surface area contributed by atoms with E-state index >= 15 is 0 Å². The van der Waals surface area contributed by atoms with Crippen molar-refractivity contribution in [2.24, 2.45) is 5.92 Å². The zero-order chi connectivity index (χ0) is 12.0. The van der Waals surface area contributed by atoms with Gasteiger partial charge in [0.15, 0.2) is 0 Å². The van der Waals surface area contributed by atoms with Gasteiger partial charge in [-0.15, -0.1) is 0 Å². The molecule has 1 aliphatic carbocycles. The highest BCUT2D eigenvalue weighted by molar-refractivity contribution is 5.73. The molecule has 0 aromatic heterocycles. The van der Waals surface area contributed by atoms with Gasteiger partial charge in [-0.2, -0.15) is 0 Å². The van der Waals surface area contributed by atoms with Gasteiger partial charge >= 0.3 is 5.97 Å². The Morgan fingerprint density at radius 1 is 1.44 bits per heavy atom. The van der Waals surface area contributed by atoms with Gasteiger partial charge in [-0.1, -0.05) is 33.1 Å². The first-order valence-corrected chi connectivity index (χ1v) is 6.65. The lowest BCUT2D eigenvalue weighted by Gasteiger charge is -2.35. The molecular weight excluding hydrogens is 202 g/mol. The van der Waals surface area contributed by atoms with Crippen molar-refractivity contribution in [2.45, 2.75) is 58.4 Å². The molecule has 1 aliphatic rings. The number of carboxylic acid groups (broad SMARTS) is 1. The van der Waals surface area contributed by atoms with Crippen LogP contribution < -0.4 is 0 Å². The van der Waals surface area contributed by atoms with Gasteiger partial charge in [0.1, 0.15) is 6.04 Å². The van der Waals surface area contributed by atoms with Crippen LogP contribution in [0.2, 0.25) is 0 Å². The lowest BCUT2D eigenvalue weighted by atomic mass is 9.84. The molecule has 0 amide bonds. The van der Waals surface area contributed by atoms with Crippen LogP contribution in [0.4, 0.5) is 0 Å². The van der Waals surface area contributed by atoms with E-state index in [4.69, 9.17) is 0 Å². The van der Waals surface area contributed by atoms with Gasteiger partial charge in [0.25, 0.3) is 0 Å². The summed E-state index contributed by atoms with van der Waals surface area (Å²) in [5.74, 6) is 0.109. The fourth-order valence-electron chi connectivity index (χ4n) is 2.34. The van der Waals surface area contributed by atoms with E-state index in [-0.39, 0.29) is 6.04 Å². The van der Waals surface area contributed by atoms with E-state index in [1.807, 2.05) is 0 Å². The average molecular weight is 227 g/mol. The topological polar surface area (TPSA) is 40.5 Å². The Labute approximate surface area is 98.8 Å². The Bertz CT molecular complexity index is 214. The summed E-state index contributed by atoms with van der Waals surface area (Å²) in [4.78, 5) is 13.4. The van der Waals surface area contributed by atoms with E-state index in [1.165, 1.54) is 19.3 Å². The Morgan fingerprint density at radius 3 is 2.50 bits per heavy atom. The Balaban J connectivity index is 2.46.